The standard InChI is InChI=1S/C12H11ClN2/c13-10-3-1-2-9(6-10)12-7-11(14-15-12)8-4-5-8/h1-3,6-8H,4-5H2,(H,14,15). The minimum atomic E-state index is 0.713. The number of benzene rings is 1. The lowest BCUT2D eigenvalue weighted by Crippen LogP contribution is -1.77. The van der Waals surface area contributed by atoms with E-state index in [0.717, 1.165) is 16.3 Å². The molecule has 0 amide bonds. The Morgan fingerprint density at radius 1 is 1.27 bits per heavy atom. The summed E-state index contributed by atoms with van der Waals surface area (Å²) in [5, 5.41) is 8.15. The van der Waals surface area contributed by atoms with Gasteiger partial charge in [-0.15, -0.1) is 0 Å². The highest BCUT2D eigenvalue weighted by atomic mass is 35.5. The lowest BCUT2D eigenvalue weighted by atomic mass is 10.1. The fraction of sp³-hybridized carbons (Fsp3) is 0.250. The molecule has 1 aliphatic carbocycles. The minimum absolute atomic E-state index is 0.713. The van der Waals surface area contributed by atoms with Crippen molar-refractivity contribution in [2.75, 3.05) is 0 Å². The van der Waals surface area contributed by atoms with E-state index in [1.54, 1.807) is 0 Å². The van der Waals surface area contributed by atoms with Gasteiger partial charge in [-0.3, -0.25) is 5.10 Å². The normalized spacial score (nSPS) is 15.5. The van der Waals surface area contributed by atoms with Gasteiger partial charge in [-0.05, 0) is 31.0 Å². The summed E-state index contributed by atoms with van der Waals surface area (Å²) >= 11 is 5.94. The summed E-state index contributed by atoms with van der Waals surface area (Å²) in [6.45, 7) is 0. The molecule has 1 N–H and O–H groups in total. The van der Waals surface area contributed by atoms with Gasteiger partial charge in [0.2, 0.25) is 0 Å². The van der Waals surface area contributed by atoms with E-state index >= 15 is 0 Å². The maximum atomic E-state index is 5.94. The third-order valence-electron chi connectivity index (χ3n) is 2.74. The van der Waals surface area contributed by atoms with Crippen LogP contribution in [-0.2, 0) is 0 Å². The van der Waals surface area contributed by atoms with Crippen molar-refractivity contribution in [1.82, 2.24) is 10.2 Å². The SMILES string of the molecule is Clc1cccc(-c2cc(C3CC3)[nH]n2)c1. The van der Waals surface area contributed by atoms with E-state index in [1.807, 2.05) is 24.3 Å². The van der Waals surface area contributed by atoms with Crippen molar-refractivity contribution >= 4 is 11.6 Å². The highest BCUT2D eigenvalue weighted by Gasteiger charge is 2.25. The van der Waals surface area contributed by atoms with E-state index in [-0.39, 0.29) is 0 Å². The van der Waals surface area contributed by atoms with Crippen LogP contribution in [0.4, 0.5) is 0 Å². The Labute approximate surface area is 93.3 Å². The van der Waals surface area contributed by atoms with E-state index < -0.39 is 0 Å². The van der Waals surface area contributed by atoms with Crippen LogP contribution in [0.2, 0.25) is 5.02 Å². The molecule has 1 saturated carbocycles. The summed E-state index contributed by atoms with van der Waals surface area (Å²) < 4.78 is 0. The topological polar surface area (TPSA) is 28.7 Å². The summed E-state index contributed by atoms with van der Waals surface area (Å²) in [5.41, 5.74) is 3.31. The Kier molecular flexibility index (Phi) is 2.03. The van der Waals surface area contributed by atoms with Gasteiger partial charge in [0.1, 0.15) is 0 Å². The molecule has 3 rings (SSSR count). The van der Waals surface area contributed by atoms with Crippen LogP contribution in [0.15, 0.2) is 30.3 Å². The van der Waals surface area contributed by atoms with Gasteiger partial charge < -0.3 is 0 Å². The van der Waals surface area contributed by atoms with Crippen LogP contribution < -0.4 is 0 Å². The Morgan fingerprint density at radius 3 is 2.87 bits per heavy atom. The molecule has 0 atom stereocenters. The Balaban J connectivity index is 1.97. The van der Waals surface area contributed by atoms with Crippen molar-refractivity contribution in [3.8, 4) is 11.3 Å². The fourth-order valence-corrected chi connectivity index (χ4v) is 1.93. The summed E-state index contributed by atoms with van der Waals surface area (Å²) in [7, 11) is 0. The molecule has 1 heterocycles. The monoisotopic (exact) mass is 218 g/mol. The van der Waals surface area contributed by atoms with Crippen molar-refractivity contribution in [2.45, 2.75) is 18.8 Å². The number of rotatable bonds is 2. The van der Waals surface area contributed by atoms with Gasteiger partial charge in [-0.1, -0.05) is 23.7 Å². The predicted molar refractivity (Wildman–Crippen MR) is 61.0 cm³/mol. The Morgan fingerprint density at radius 2 is 2.13 bits per heavy atom. The average molecular weight is 219 g/mol. The smallest absolute Gasteiger partial charge is 0.0924 e. The molecule has 2 nitrogen and oxygen atoms in total. The lowest BCUT2D eigenvalue weighted by molar-refractivity contribution is 0.967. The first-order valence-corrected chi connectivity index (χ1v) is 5.52. The molecule has 1 aromatic carbocycles. The highest BCUT2D eigenvalue weighted by Crippen LogP contribution is 2.39. The fourth-order valence-electron chi connectivity index (χ4n) is 1.74. The number of aromatic amines is 1. The summed E-state index contributed by atoms with van der Waals surface area (Å²) in [5.74, 6) is 0.713. The minimum Gasteiger partial charge on any atom is -0.282 e. The molecule has 0 bridgehead atoms. The maximum absolute atomic E-state index is 5.94. The number of halogens is 1. The first-order chi connectivity index (χ1) is 7.33. The predicted octanol–water partition coefficient (Wildman–Crippen LogP) is 3.61. The van der Waals surface area contributed by atoms with Gasteiger partial charge in [0, 0.05) is 22.2 Å². The van der Waals surface area contributed by atoms with Crippen LogP contribution in [0.25, 0.3) is 11.3 Å². The summed E-state index contributed by atoms with van der Waals surface area (Å²) in [4.78, 5) is 0. The second-order valence-electron chi connectivity index (χ2n) is 3.99. The van der Waals surface area contributed by atoms with Crippen molar-refractivity contribution in [3.05, 3.63) is 41.0 Å². The molecule has 15 heavy (non-hydrogen) atoms. The molecular weight excluding hydrogens is 208 g/mol. The molecule has 0 unspecified atom stereocenters. The summed E-state index contributed by atoms with van der Waals surface area (Å²) in [6.07, 6.45) is 2.58. The first kappa shape index (κ1) is 8.98. The van der Waals surface area contributed by atoms with Crippen LogP contribution in [0, 0.1) is 0 Å². The van der Waals surface area contributed by atoms with Gasteiger partial charge in [0.05, 0.1) is 5.69 Å². The van der Waals surface area contributed by atoms with Crippen LogP contribution in [0.1, 0.15) is 24.5 Å². The Hall–Kier alpha value is -1.28. The number of nitrogens with one attached hydrogen (secondary N) is 1. The van der Waals surface area contributed by atoms with Crippen molar-refractivity contribution < 1.29 is 0 Å². The molecule has 2 aromatic rings. The van der Waals surface area contributed by atoms with E-state index in [9.17, 15) is 0 Å². The van der Waals surface area contributed by atoms with Crippen molar-refractivity contribution in [3.63, 3.8) is 0 Å². The van der Waals surface area contributed by atoms with Gasteiger partial charge in [-0.25, -0.2) is 0 Å². The molecule has 3 heteroatoms. The van der Waals surface area contributed by atoms with Crippen LogP contribution >= 0.6 is 11.6 Å². The molecule has 1 fully saturated rings. The second kappa shape index (κ2) is 3.38. The zero-order valence-electron chi connectivity index (χ0n) is 8.20. The molecule has 1 aromatic heterocycles. The molecule has 76 valence electrons. The summed E-state index contributed by atoms with van der Waals surface area (Å²) in [6, 6.07) is 9.92. The molecular formula is C12H11ClN2. The number of nitrogens with zero attached hydrogens (tertiary/aromatic N) is 1. The van der Waals surface area contributed by atoms with E-state index in [0.29, 0.717) is 5.92 Å². The Bertz CT molecular complexity index is 486. The molecule has 1 aliphatic rings. The van der Waals surface area contributed by atoms with Crippen LogP contribution in [0.3, 0.4) is 0 Å². The number of aromatic nitrogens is 2. The third kappa shape index (κ3) is 1.77. The van der Waals surface area contributed by atoms with Crippen LogP contribution in [-0.4, -0.2) is 10.2 Å². The van der Waals surface area contributed by atoms with Crippen molar-refractivity contribution in [1.29, 1.82) is 0 Å². The molecule has 0 radical (unpaired) electrons. The van der Waals surface area contributed by atoms with E-state index in [1.165, 1.54) is 18.5 Å². The second-order valence-corrected chi connectivity index (χ2v) is 4.43. The highest BCUT2D eigenvalue weighted by molar-refractivity contribution is 6.30. The van der Waals surface area contributed by atoms with Crippen LogP contribution in [0.5, 0.6) is 0 Å². The number of H-pyrrole nitrogens is 1. The van der Waals surface area contributed by atoms with E-state index in [4.69, 9.17) is 11.6 Å². The van der Waals surface area contributed by atoms with E-state index in [2.05, 4.69) is 16.3 Å². The third-order valence-corrected chi connectivity index (χ3v) is 2.97. The largest absolute Gasteiger partial charge is 0.282 e. The zero-order valence-corrected chi connectivity index (χ0v) is 8.96. The number of hydrogen-bond acceptors (Lipinski definition) is 1. The average Bonchev–Trinajstić information content (AvgIpc) is 2.97. The zero-order chi connectivity index (χ0) is 10.3. The van der Waals surface area contributed by atoms with Gasteiger partial charge in [-0.2, -0.15) is 5.10 Å². The molecule has 0 saturated heterocycles. The lowest BCUT2D eigenvalue weighted by Gasteiger charge is -1.95. The van der Waals surface area contributed by atoms with Crippen molar-refractivity contribution in [2.24, 2.45) is 0 Å². The maximum Gasteiger partial charge on any atom is 0.0924 e. The van der Waals surface area contributed by atoms with Gasteiger partial charge >= 0.3 is 0 Å². The quantitative estimate of drug-likeness (QED) is 0.820. The molecule has 0 aliphatic heterocycles. The molecule has 0 spiro atoms. The van der Waals surface area contributed by atoms with Gasteiger partial charge in [0.25, 0.3) is 0 Å². The first-order valence-electron chi connectivity index (χ1n) is 5.14. The van der Waals surface area contributed by atoms with Gasteiger partial charge in [0.15, 0.2) is 0 Å². The number of hydrogen-bond donors (Lipinski definition) is 1.